The molecule has 0 aliphatic rings. The van der Waals surface area contributed by atoms with E-state index in [2.05, 4.69) is 31.5 Å². The Bertz CT molecular complexity index is 596. The van der Waals surface area contributed by atoms with Crippen molar-refractivity contribution in [2.24, 2.45) is 0 Å². The second-order valence-electron chi connectivity index (χ2n) is 4.71. The molecule has 1 atom stereocenters. The predicted octanol–water partition coefficient (Wildman–Crippen LogP) is 3.77. The molecular weight excluding hydrogens is 330 g/mol. The maximum absolute atomic E-state index is 12.2. The van der Waals surface area contributed by atoms with Crippen molar-refractivity contribution in [2.75, 3.05) is 11.9 Å². The number of carbonyl (C=O) groups excluding carboxylic acids is 1. The third-order valence-corrected chi connectivity index (χ3v) is 3.62. The molecule has 1 heterocycles. The van der Waals surface area contributed by atoms with E-state index < -0.39 is 0 Å². The molecule has 0 spiro atoms. The van der Waals surface area contributed by atoms with Gasteiger partial charge < -0.3 is 10.6 Å². The fourth-order valence-electron chi connectivity index (χ4n) is 1.94. The molecule has 2 aromatic rings. The van der Waals surface area contributed by atoms with Crippen LogP contribution in [0.25, 0.3) is 0 Å². The van der Waals surface area contributed by atoms with Crippen molar-refractivity contribution < 1.29 is 4.79 Å². The molecule has 0 bridgehead atoms. The first-order valence-electron chi connectivity index (χ1n) is 6.86. The van der Waals surface area contributed by atoms with Gasteiger partial charge in [-0.25, -0.2) is 4.98 Å². The molecule has 1 aromatic heterocycles. The zero-order valence-electron chi connectivity index (χ0n) is 12.1. The topological polar surface area (TPSA) is 54.0 Å². The first-order valence-corrected chi connectivity index (χ1v) is 7.65. The lowest BCUT2D eigenvalue weighted by molar-refractivity contribution is 0.0935. The molecule has 2 N–H and O–H groups in total. The number of hydrogen-bond donors (Lipinski definition) is 2. The van der Waals surface area contributed by atoms with Crippen LogP contribution in [0.1, 0.15) is 35.9 Å². The Morgan fingerprint density at radius 1 is 1.24 bits per heavy atom. The Balaban J connectivity index is 2.01. The average molecular weight is 348 g/mol. The van der Waals surface area contributed by atoms with Crippen LogP contribution in [0.5, 0.6) is 0 Å². The summed E-state index contributed by atoms with van der Waals surface area (Å²) in [6, 6.07) is 11.4. The number of pyridine rings is 1. The molecule has 2 rings (SSSR count). The highest BCUT2D eigenvalue weighted by Gasteiger charge is 2.12. The van der Waals surface area contributed by atoms with Crippen molar-refractivity contribution in [2.45, 2.75) is 19.9 Å². The molecule has 1 aromatic carbocycles. The van der Waals surface area contributed by atoms with Crippen LogP contribution in [-0.4, -0.2) is 17.4 Å². The van der Waals surface area contributed by atoms with E-state index in [-0.39, 0.29) is 11.9 Å². The van der Waals surface area contributed by atoms with Gasteiger partial charge in [0.2, 0.25) is 0 Å². The summed E-state index contributed by atoms with van der Waals surface area (Å²) in [7, 11) is 0. The number of nitrogens with zero attached hydrogens (tertiary/aromatic N) is 1. The third kappa shape index (κ3) is 4.29. The molecule has 21 heavy (non-hydrogen) atoms. The number of nitrogens with one attached hydrogen (secondary N) is 2. The van der Waals surface area contributed by atoms with Crippen LogP contribution in [0.3, 0.4) is 0 Å². The molecule has 1 amide bonds. The van der Waals surface area contributed by atoms with Crippen molar-refractivity contribution in [3.63, 3.8) is 0 Å². The Kier molecular flexibility index (Phi) is 5.33. The van der Waals surface area contributed by atoms with Crippen LogP contribution < -0.4 is 10.6 Å². The highest BCUT2D eigenvalue weighted by molar-refractivity contribution is 9.10. The van der Waals surface area contributed by atoms with Crippen molar-refractivity contribution in [1.29, 1.82) is 0 Å². The molecule has 0 aliphatic heterocycles. The average Bonchev–Trinajstić information content (AvgIpc) is 2.49. The summed E-state index contributed by atoms with van der Waals surface area (Å²) in [5.74, 6) is -0.173. The molecular formula is C16H18BrN3O. The maximum Gasteiger partial charge on any atom is 0.270 e. The summed E-state index contributed by atoms with van der Waals surface area (Å²) < 4.78 is 1.02. The van der Waals surface area contributed by atoms with Crippen molar-refractivity contribution in [3.8, 4) is 0 Å². The van der Waals surface area contributed by atoms with Gasteiger partial charge in [-0.2, -0.15) is 0 Å². The van der Waals surface area contributed by atoms with E-state index in [1.165, 1.54) is 0 Å². The fraction of sp³-hybridized carbons (Fsp3) is 0.250. The first-order chi connectivity index (χ1) is 10.1. The predicted molar refractivity (Wildman–Crippen MR) is 88.4 cm³/mol. The maximum atomic E-state index is 12.2. The normalized spacial score (nSPS) is 11.8. The van der Waals surface area contributed by atoms with E-state index in [9.17, 15) is 4.79 Å². The molecule has 0 fully saturated rings. The van der Waals surface area contributed by atoms with Gasteiger partial charge in [0.05, 0.1) is 17.9 Å². The van der Waals surface area contributed by atoms with Gasteiger partial charge in [0.1, 0.15) is 5.69 Å². The summed E-state index contributed by atoms with van der Waals surface area (Å²) in [6.07, 6.45) is 1.67. The van der Waals surface area contributed by atoms with Crippen molar-refractivity contribution >= 4 is 27.5 Å². The van der Waals surface area contributed by atoms with Crippen LogP contribution in [0.15, 0.2) is 47.1 Å². The highest BCUT2D eigenvalue weighted by Crippen LogP contribution is 2.17. The smallest absolute Gasteiger partial charge is 0.270 e. The quantitative estimate of drug-likeness (QED) is 0.865. The second-order valence-corrected chi connectivity index (χ2v) is 5.62. The van der Waals surface area contributed by atoms with E-state index in [4.69, 9.17) is 0 Å². The molecule has 4 nitrogen and oxygen atoms in total. The zero-order valence-corrected chi connectivity index (χ0v) is 13.6. The minimum absolute atomic E-state index is 0.0687. The zero-order chi connectivity index (χ0) is 15.2. The van der Waals surface area contributed by atoms with Crippen molar-refractivity contribution in [3.05, 3.63) is 58.3 Å². The number of amides is 1. The van der Waals surface area contributed by atoms with Gasteiger partial charge in [-0.1, -0.05) is 28.1 Å². The number of hydrogen-bond acceptors (Lipinski definition) is 3. The van der Waals surface area contributed by atoms with Crippen molar-refractivity contribution in [1.82, 2.24) is 10.3 Å². The summed E-state index contributed by atoms with van der Waals surface area (Å²) in [4.78, 5) is 16.3. The van der Waals surface area contributed by atoms with E-state index in [1.807, 2.05) is 44.2 Å². The molecule has 0 saturated heterocycles. The number of anilines is 1. The summed E-state index contributed by atoms with van der Waals surface area (Å²) in [5, 5.41) is 6.09. The number of aromatic nitrogens is 1. The van der Waals surface area contributed by atoms with Crippen LogP contribution in [0.2, 0.25) is 0 Å². The Morgan fingerprint density at radius 3 is 2.52 bits per heavy atom. The highest BCUT2D eigenvalue weighted by atomic mass is 79.9. The van der Waals surface area contributed by atoms with Gasteiger partial charge in [0.15, 0.2) is 0 Å². The largest absolute Gasteiger partial charge is 0.384 e. The minimum atomic E-state index is -0.173. The lowest BCUT2D eigenvalue weighted by Gasteiger charge is -2.14. The van der Waals surface area contributed by atoms with Gasteiger partial charge in [-0.05, 0) is 43.7 Å². The second kappa shape index (κ2) is 7.22. The van der Waals surface area contributed by atoms with Gasteiger partial charge in [-0.3, -0.25) is 4.79 Å². The molecule has 0 aliphatic carbocycles. The van der Waals surface area contributed by atoms with Crippen LogP contribution in [-0.2, 0) is 0 Å². The fourth-order valence-corrected chi connectivity index (χ4v) is 2.21. The summed E-state index contributed by atoms with van der Waals surface area (Å²) in [6.45, 7) is 4.79. The lowest BCUT2D eigenvalue weighted by atomic mass is 10.1. The van der Waals surface area contributed by atoms with Gasteiger partial charge in [0, 0.05) is 11.0 Å². The Morgan fingerprint density at radius 2 is 1.95 bits per heavy atom. The van der Waals surface area contributed by atoms with E-state index in [1.54, 1.807) is 12.3 Å². The van der Waals surface area contributed by atoms with Gasteiger partial charge in [0.25, 0.3) is 5.91 Å². The number of rotatable bonds is 5. The molecule has 110 valence electrons. The lowest BCUT2D eigenvalue weighted by Crippen LogP contribution is -2.27. The number of benzene rings is 1. The Labute approximate surface area is 133 Å². The number of halogens is 1. The van der Waals surface area contributed by atoms with E-state index in [0.717, 1.165) is 22.3 Å². The molecule has 5 heteroatoms. The first kappa shape index (κ1) is 15.5. The summed E-state index contributed by atoms with van der Waals surface area (Å²) in [5.41, 5.74) is 2.38. The monoisotopic (exact) mass is 347 g/mol. The molecule has 1 unspecified atom stereocenters. The van der Waals surface area contributed by atoms with Gasteiger partial charge >= 0.3 is 0 Å². The minimum Gasteiger partial charge on any atom is -0.384 e. The summed E-state index contributed by atoms with van der Waals surface area (Å²) >= 11 is 3.40. The van der Waals surface area contributed by atoms with Crippen LogP contribution in [0.4, 0.5) is 5.69 Å². The van der Waals surface area contributed by atoms with E-state index in [0.29, 0.717) is 5.69 Å². The molecule has 0 radical (unpaired) electrons. The standard InChI is InChI=1S/C16H18BrN3O/c1-3-18-14-8-9-15(19-10-14)16(21)20-11(2)12-4-6-13(17)7-5-12/h4-11,18H,3H2,1-2H3,(H,20,21). The SMILES string of the molecule is CCNc1ccc(C(=O)NC(C)c2ccc(Br)cc2)nc1. The third-order valence-electron chi connectivity index (χ3n) is 3.09. The van der Waals surface area contributed by atoms with Crippen LogP contribution >= 0.6 is 15.9 Å². The van der Waals surface area contributed by atoms with E-state index >= 15 is 0 Å². The Hall–Kier alpha value is -1.88. The number of carbonyl (C=O) groups is 1. The molecule has 0 saturated carbocycles. The van der Waals surface area contributed by atoms with Crippen LogP contribution in [0, 0.1) is 0 Å². The van der Waals surface area contributed by atoms with Gasteiger partial charge in [-0.15, -0.1) is 0 Å².